The summed E-state index contributed by atoms with van der Waals surface area (Å²) >= 11 is 0. The first-order valence-corrected chi connectivity index (χ1v) is 3.90. The number of rotatable bonds is 3. The lowest BCUT2D eigenvalue weighted by molar-refractivity contribution is 1.21. The van der Waals surface area contributed by atoms with Gasteiger partial charge < -0.3 is 0 Å². The highest BCUT2D eigenvalue weighted by molar-refractivity contribution is 5.45. The van der Waals surface area contributed by atoms with Gasteiger partial charge in [0, 0.05) is 17.7 Å². The first kappa shape index (κ1) is 9.78. The Morgan fingerprint density at radius 2 is 2.50 bits per heavy atom. The summed E-state index contributed by atoms with van der Waals surface area (Å²) in [6.07, 6.45) is 4.93. The highest BCUT2D eigenvalue weighted by Crippen LogP contribution is 2.00. The summed E-state index contributed by atoms with van der Waals surface area (Å²) < 4.78 is 0. The predicted octanol–water partition coefficient (Wildman–Crippen LogP) is 2.28. The molecule has 0 aliphatic rings. The Morgan fingerprint density at radius 3 is 3.07 bits per heavy atom. The van der Waals surface area contributed by atoms with E-state index < -0.39 is 0 Å². The number of hydrogen-bond acceptors (Lipinski definition) is 3. The van der Waals surface area contributed by atoms with Crippen molar-refractivity contribution in [2.24, 2.45) is 5.11 Å². The molecule has 5 nitrogen and oxygen atoms in total. The van der Waals surface area contributed by atoms with Crippen molar-refractivity contribution in [2.75, 3.05) is 6.54 Å². The molecule has 0 N–H and O–H groups in total. The molecular weight excluding hydrogens is 178 g/mol. The SMILES string of the molecule is N#Cc1ccc(C=CCN=[N+]=[N-])nc1. The van der Waals surface area contributed by atoms with Crippen molar-refractivity contribution < 1.29 is 0 Å². The number of nitriles is 1. The third-order valence-corrected chi connectivity index (χ3v) is 1.45. The lowest BCUT2D eigenvalue weighted by atomic mass is 10.2. The number of hydrogen-bond donors (Lipinski definition) is 0. The van der Waals surface area contributed by atoms with Crippen LogP contribution in [0.4, 0.5) is 0 Å². The molecule has 0 fully saturated rings. The lowest BCUT2D eigenvalue weighted by Crippen LogP contribution is -1.81. The van der Waals surface area contributed by atoms with E-state index in [-0.39, 0.29) is 0 Å². The van der Waals surface area contributed by atoms with Gasteiger partial charge in [0.05, 0.1) is 11.3 Å². The normalized spacial score (nSPS) is 9.36. The van der Waals surface area contributed by atoms with Gasteiger partial charge in [-0.1, -0.05) is 11.2 Å². The number of azide groups is 1. The van der Waals surface area contributed by atoms with Gasteiger partial charge in [0.15, 0.2) is 0 Å². The molecule has 0 bridgehead atoms. The second-order valence-electron chi connectivity index (χ2n) is 2.40. The average Bonchev–Trinajstić information content (AvgIpc) is 2.25. The summed E-state index contributed by atoms with van der Waals surface area (Å²) in [5.74, 6) is 0. The largest absolute Gasteiger partial charge is 0.256 e. The molecule has 5 heteroatoms. The smallest absolute Gasteiger partial charge is 0.101 e. The molecule has 0 aromatic carbocycles. The van der Waals surface area contributed by atoms with Crippen molar-refractivity contribution in [2.45, 2.75) is 0 Å². The van der Waals surface area contributed by atoms with E-state index in [1.807, 2.05) is 6.07 Å². The highest BCUT2D eigenvalue weighted by Gasteiger charge is 1.89. The standard InChI is InChI=1S/C9H7N5/c10-6-8-3-4-9(12-7-8)2-1-5-13-14-11/h1-4,7H,5H2. The molecule has 0 spiro atoms. The third-order valence-electron chi connectivity index (χ3n) is 1.45. The molecule has 1 aromatic rings. The summed E-state index contributed by atoms with van der Waals surface area (Å²) in [5, 5.41) is 11.8. The second kappa shape index (κ2) is 5.36. The van der Waals surface area contributed by atoms with Crippen molar-refractivity contribution >= 4 is 6.08 Å². The quantitative estimate of drug-likeness (QED) is 0.411. The van der Waals surface area contributed by atoms with E-state index in [4.69, 9.17) is 10.8 Å². The first-order chi connectivity index (χ1) is 6.86. The van der Waals surface area contributed by atoms with E-state index in [1.54, 1.807) is 24.3 Å². The van der Waals surface area contributed by atoms with Crippen LogP contribution in [0.3, 0.4) is 0 Å². The van der Waals surface area contributed by atoms with Gasteiger partial charge in [0.25, 0.3) is 0 Å². The molecule has 0 saturated carbocycles. The van der Waals surface area contributed by atoms with E-state index >= 15 is 0 Å². The van der Waals surface area contributed by atoms with Gasteiger partial charge in [-0.05, 0) is 23.7 Å². The minimum Gasteiger partial charge on any atom is -0.256 e. The minimum absolute atomic E-state index is 0.304. The number of aromatic nitrogens is 1. The Bertz CT molecular complexity index is 406. The van der Waals surface area contributed by atoms with E-state index in [1.165, 1.54) is 6.20 Å². The molecular formula is C9H7N5. The van der Waals surface area contributed by atoms with Crippen LogP contribution in [0, 0.1) is 11.3 Å². The number of nitrogens with zero attached hydrogens (tertiary/aromatic N) is 5. The monoisotopic (exact) mass is 185 g/mol. The fourth-order valence-electron chi connectivity index (χ4n) is 0.827. The Morgan fingerprint density at radius 1 is 1.64 bits per heavy atom. The summed E-state index contributed by atoms with van der Waals surface area (Å²) in [6.45, 7) is 0.304. The van der Waals surface area contributed by atoms with Gasteiger partial charge in [0.1, 0.15) is 6.07 Å². The zero-order chi connectivity index (χ0) is 10.2. The molecule has 0 saturated heterocycles. The Labute approximate surface area is 80.9 Å². The molecule has 1 aromatic heterocycles. The maximum absolute atomic E-state index is 8.51. The zero-order valence-electron chi connectivity index (χ0n) is 7.33. The Hall–Kier alpha value is -2.31. The molecule has 68 valence electrons. The maximum Gasteiger partial charge on any atom is 0.101 e. The van der Waals surface area contributed by atoms with E-state index in [0.29, 0.717) is 12.1 Å². The van der Waals surface area contributed by atoms with Crippen LogP contribution in [0.1, 0.15) is 11.3 Å². The highest BCUT2D eigenvalue weighted by atomic mass is 15.1. The maximum atomic E-state index is 8.51. The van der Waals surface area contributed by atoms with Crippen LogP contribution in [-0.4, -0.2) is 11.5 Å². The van der Waals surface area contributed by atoms with Gasteiger partial charge >= 0.3 is 0 Å². The molecule has 0 aliphatic carbocycles. The van der Waals surface area contributed by atoms with Gasteiger partial charge in [-0.3, -0.25) is 4.98 Å². The van der Waals surface area contributed by atoms with Crippen LogP contribution >= 0.6 is 0 Å². The van der Waals surface area contributed by atoms with Gasteiger partial charge in [-0.15, -0.1) is 0 Å². The minimum atomic E-state index is 0.304. The van der Waals surface area contributed by atoms with Gasteiger partial charge in [-0.2, -0.15) is 5.26 Å². The second-order valence-corrected chi connectivity index (χ2v) is 2.40. The Kier molecular flexibility index (Phi) is 3.74. The van der Waals surface area contributed by atoms with Crippen molar-refractivity contribution in [1.29, 1.82) is 5.26 Å². The fraction of sp³-hybridized carbons (Fsp3) is 0.111. The molecule has 0 atom stereocenters. The first-order valence-electron chi connectivity index (χ1n) is 3.90. The van der Waals surface area contributed by atoms with E-state index in [2.05, 4.69) is 15.0 Å². The van der Waals surface area contributed by atoms with Crippen molar-refractivity contribution in [3.8, 4) is 6.07 Å². The van der Waals surface area contributed by atoms with Crippen molar-refractivity contribution in [3.63, 3.8) is 0 Å². The van der Waals surface area contributed by atoms with Crippen LogP contribution in [0.5, 0.6) is 0 Å². The average molecular weight is 185 g/mol. The van der Waals surface area contributed by atoms with Crippen LogP contribution in [0.2, 0.25) is 0 Å². The van der Waals surface area contributed by atoms with Gasteiger partial charge in [-0.25, -0.2) is 0 Å². The summed E-state index contributed by atoms with van der Waals surface area (Å²) in [5.41, 5.74) is 9.26. The summed E-state index contributed by atoms with van der Waals surface area (Å²) in [6, 6.07) is 5.39. The van der Waals surface area contributed by atoms with Gasteiger partial charge in [0.2, 0.25) is 0 Å². The van der Waals surface area contributed by atoms with Crippen LogP contribution in [-0.2, 0) is 0 Å². The van der Waals surface area contributed by atoms with Crippen LogP contribution < -0.4 is 0 Å². The zero-order valence-corrected chi connectivity index (χ0v) is 7.33. The molecule has 0 aliphatic heterocycles. The Balaban J connectivity index is 2.65. The lowest BCUT2D eigenvalue weighted by Gasteiger charge is -1.90. The molecule has 0 unspecified atom stereocenters. The topological polar surface area (TPSA) is 85.4 Å². The fourth-order valence-corrected chi connectivity index (χ4v) is 0.827. The van der Waals surface area contributed by atoms with Crippen molar-refractivity contribution in [1.82, 2.24) is 4.98 Å². The number of pyridine rings is 1. The third kappa shape index (κ3) is 2.97. The van der Waals surface area contributed by atoms with Crippen molar-refractivity contribution in [3.05, 3.63) is 46.1 Å². The van der Waals surface area contributed by atoms with Crippen LogP contribution in [0.25, 0.3) is 16.5 Å². The summed E-state index contributed by atoms with van der Waals surface area (Å²) in [4.78, 5) is 6.61. The molecule has 14 heavy (non-hydrogen) atoms. The van der Waals surface area contributed by atoms with E-state index in [0.717, 1.165) is 5.69 Å². The van der Waals surface area contributed by atoms with Crippen LogP contribution in [0.15, 0.2) is 29.5 Å². The molecule has 0 radical (unpaired) electrons. The predicted molar refractivity (Wildman–Crippen MR) is 52.0 cm³/mol. The molecule has 1 heterocycles. The molecule has 1 rings (SSSR count). The summed E-state index contributed by atoms with van der Waals surface area (Å²) in [7, 11) is 0. The molecule has 0 amide bonds. The van der Waals surface area contributed by atoms with E-state index in [9.17, 15) is 0 Å².